The third-order valence-corrected chi connectivity index (χ3v) is 5.07. The number of amides is 1. The zero-order chi connectivity index (χ0) is 22.1. The van der Waals surface area contributed by atoms with Crippen molar-refractivity contribution in [3.05, 3.63) is 95.0 Å². The van der Waals surface area contributed by atoms with Gasteiger partial charge < -0.3 is 19.2 Å². The number of furan rings is 1. The number of carbonyl (C=O) groups excluding carboxylic acids is 2. The van der Waals surface area contributed by atoms with Crippen LogP contribution >= 0.6 is 0 Å². The van der Waals surface area contributed by atoms with E-state index in [2.05, 4.69) is 0 Å². The van der Waals surface area contributed by atoms with Crippen LogP contribution in [0.2, 0.25) is 0 Å². The first-order valence-electron chi connectivity index (χ1n) is 9.31. The van der Waals surface area contributed by atoms with Crippen molar-refractivity contribution in [2.75, 3.05) is 7.11 Å². The van der Waals surface area contributed by atoms with Gasteiger partial charge >= 0.3 is 0 Å². The quantitative estimate of drug-likeness (QED) is 0.377. The Balaban J connectivity index is 1.89. The summed E-state index contributed by atoms with van der Waals surface area (Å²) in [6, 6.07) is 11.2. The minimum Gasteiger partial charge on any atom is -0.507 e. The Morgan fingerprint density at radius 3 is 2.52 bits per heavy atom. The molecule has 1 saturated heterocycles. The Morgan fingerprint density at radius 2 is 1.87 bits per heavy atom. The molecule has 1 fully saturated rings. The zero-order valence-corrected chi connectivity index (χ0v) is 16.3. The number of benzene rings is 2. The predicted octanol–water partition coefficient (Wildman–Crippen LogP) is 4.19. The third-order valence-electron chi connectivity index (χ3n) is 5.07. The number of hydrogen-bond acceptors (Lipinski definition) is 5. The first-order valence-corrected chi connectivity index (χ1v) is 9.31. The molecule has 1 aromatic heterocycles. The van der Waals surface area contributed by atoms with Gasteiger partial charge in [0.15, 0.2) is 11.6 Å². The van der Waals surface area contributed by atoms with Gasteiger partial charge in [0.25, 0.3) is 11.7 Å². The SMILES string of the molecule is COc1ccc(/C(O)=C2/C(=O)C(=O)N(Cc3ccco3)C2c2ccccc2F)cc1F. The van der Waals surface area contributed by atoms with Gasteiger partial charge in [0.05, 0.1) is 31.5 Å². The van der Waals surface area contributed by atoms with Gasteiger partial charge in [0.1, 0.15) is 17.3 Å². The highest BCUT2D eigenvalue weighted by Gasteiger charge is 2.47. The molecule has 0 bridgehead atoms. The van der Waals surface area contributed by atoms with Crippen LogP contribution in [0.5, 0.6) is 5.75 Å². The number of methoxy groups -OCH3 is 1. The molecule has 0 radical (unpaired) electrons. The summed E-state index contributed by atoms with van der Waals surface area (Å²) in [7, 11) is 1.29. The molecule has 158 valence electrons. The number of nitrogens with zero attached hydrogens (tertiary/aromatic N) is 1. The fourth-order valence-electron chi connectivity index (χ4n) is 3.60. The van der Waals surface area contributed by atoms with E-state index in [-0.39, 0.29) is 29.0 Å². The molecule has 1 aliphatic heterocycles. The molecule has 1 unspecified atom stereocenters. The lowest BCUT2D eigenvalue weighted by atomic mass is 9.95. The van der Waals surface area contributed by atoms with E-state index in [0.29, 0.717) is 5.76 Å². The van der Waals surface area contributed by atoms with E-state index in [1.54, 1.807) is 18.2 Å². The maximum Gasteiger partial charge on any atom is 0.296 e. The van der Waals surface area contributed by atoms with E-state index in [1.807, 2.05) is 0 Å². The summed E-state index contributed by atoms with van der Waals surface area (Å²) in [6.45, 7) is -0.121. The van der Waals surface area contributed by atoms with Crippen LogP contribution in [0, 0.1) is 11.6 Å². The van der Waals surface area contributed by atoms with Gasteiger partial charge in [-0.15, -0.1) is 0 Å². The largest absolute Gasteiger partial charge is 0.507 e. The molecule has 6 nitrogen and oxygen atoms in total. The Hall–Kier alpha value is -3.94. The topological polar surface area (TPSA) is 80.0 Å². The number of ether oxygens (including phenoxy) is 1. The van der Waals surface area contributed by atoms with Crippen LogP contribution in [-0.2, 0) is 16.1 Å². The van der Waals surface area contributed by atoms with Crippen molar-refractivity contribution in [2.45, 2.75) is 12.6 Å². The van der Waals surface area contributed by atoms with Crippen LogP contribution in [0.3, 0.4) is 0 Å². The van der Waals surface area contributed by atoms with Gasteiger partial charge in [0, 0.05) is 11.1 Å². The van der Waals surface area contributed by atoms with Crippen molar-refractivity contribution in [3.8, 4) is 5.75 Å². The smallest absolute Gasteiger partial charge is 0.296 e. The van der Waals surface area contributed by atoms with Gasteiger partial charge in [-0.1, -0.05) is 18.2 Å². The molecular weight excluding hydrogens is 408 g/mol. The van der Waals surface area contributed by atoms with Gasteiger partial charge in [0.2, 0.25) is 0 Å². The van der Waals surface area contributed by atoms with Gasteiger partial charge in [-0.3, -0.25) is 9.59 Å². The van der Waals surface area contributed by atoms with E-state index in [1.165, 1.54) is 43.7 Å². The van der Waals surface area contributed by atoms with E-state index in [4.69, 9.17) is 9.15 Å². The minimum atomic E-state index is -1.23. The maximum atomic E-state index is 14.7. The number of likely N-dealkylation sites (tertiary alicyclic amines) is 1. The van der Waals surface area contributed by atoms with Crippen LogP contribution in [0.15, 0.2) is 70.9 Å². The number of hydrogen-bond donors (Lipinski definition) is 1. The van der Waals surface area contributed by atoms with Gasteiger partial charge in [-0.05, 0) is 36.4 Å². The second-order valence-electron chi connectivity index (χ2n) is 6.88. The van der Waals surface area contributed by atoms with Crippen LogP contribution in [0.25, 0.3) is 5.76 Å². The first kappa shape index (κ1) is 20.3. The highest BCUT2D eigenvalue weighted by Crippen LogP contribution is 2.41. The first-order chi connectivity index (χ1) is 14.9. The normalized spacial score (nSPS) is 17.9. The van der Waals surface area contributed by atoms with E-state index in [0.717, 1.165) is 11.0 Å². The summed E-state index contributed by atoms with van der Waals surface area (Å²) in [5.41, 5.74) is -0.370. The summed E-state index contributed by atoms with van der Waals surface area (Å²) in [4.78, 5) is 26.8. The second-order valence-corrected chi connectivity index (χ2v) is 6.88. The van der Waals surface area contributed by atoms with Crippen molar-refractivity contribution < 1.29 is 32.6 Å². The third kappa shape index (κ3) is 3.56. The summed E-state index contributed by atoms with van der Waals surface area (Å²) in [6.07, 6.45) is 1.41. The van der Waals surface area contributed by atoms with E-state index >= 15 is 0 Å². The van der Waals surface area contributed by atoms with Crippen molar-refractivity contribution in [1.29, 1.82) is 0 Å². The fourth-order valence-corrected chi connectivity index (χ4v) is 3.60. The van der Waals surface area contributed by atoms with Crippen LogP contribution < -0.4 is 4.74 Å². The molecule has 3 aromatic rings. The average molecular weight is 425 g/mol. The van der Waals surface area contributed by atoms with E-state index < -0.39 is 35.1 Å². The molecular formula is C23H17F2NO5. The molecule has 2 aromatic carbocycles. The number of aliphatic hydroxyl groups is 1. The number of rotatable bonds is 5. The number of aliphatic hydroxyl groups excluding tert-OH is 1. The van der Waals surface area contributed by atoms with Crippen molar-refractivity contribution in [3.63, 3.8) is 0 Å². The van der Waals surface area contributed by atoms with Gasteiger partial charge in [-0.25, -0.2) is 8.78 Å². The van der Waals surface area contributed by atoms with E-state index in [9.17, 15) is 23.5 Å². The second kappa shape index (κ2) is 8.06. The Labute approximate surface area is 176 Å². The molecule has 1 atom stereocenters. The Kier molecular flexibility index (Phi) is 5.29. The molecule has 2 heterocycles. The van der Waals surface area contributed by atoms with Crippen molar-refractivity contribution in [2.24, 2.45) is 0 Å². The lowest BCUT2D eigenvalue weighted by molar-refractivity contribution is -0.140. The number of ketones is 1. The lowest BCUT2D eigenvalue weighted by Crippen LogP contribution is -2.29. The average Bonchev–Trinajstić information content (AvgIpc) is 3.36. The number of carbonyl (C=O) groups is 2. The zero-order valence-electron chi connectivity index (χ0n) is 16.3. The summed E-state index contributed by atoms with van der Waals surface area (Å²) in [5.74, 6) is -3.66. The van der Waals surface area contributed by atoms with Crippen LogP contribution in [0.1, 0.15) is 22.9 Å². The molecule has 0 aliphatic carbocycles. The Bertz CT molecular complexity index is 1190. The molecule has 1 N–H and O–H groups in total. The van der Waals surface area contributed by atoms with Gasteiger partial charge in [-0.2, -0.15) is 0 Å². The molecule has 4 rings (SSSR count). The lowest BCUT2D eigenvalue weighted by Gasteiger charge is -2.24. The Morgan fingerprint density at radius 1 is 1.10 bits per heavy atom. The summed E-state index contributed by atoms with van der Waals surface area (Å²) < 4.78 is 39.0. The molecule has 0 spiro atoms. The highest BCUT2D eigenvalue weighted by atomic mass is 19.1. The van der Waals surface area contributed by atoms with Crippen LogP contribution in [-0.4, -0.2) is 28.8 Å². The number of Topliss-reactive ketones (excluding diaryl/α,β-unsaturated/α-hetero) is 1. The minimum absolute atomic E-state index is 0.0174. The molecule has 31 heavy (non-hydrogen) atoms. The molecule has 0 saturated carbocycles. The summed E-state index contributed by atoms with van der Waals surface area (Å²) >= 11 is 0. The molecule has 1 amide bonds. The highest BCUT2D eigenvalue weighted by molar-refractivity contribution is 6.46. The predicted molar refractivity (Wildman–Crippen MR) is 106 cm³/mol. The summed E-state index contributed by atoms with van der Waals surface area (Å²) in [5, 5.41) is 10.9. The molecule has 8 heteroatoms. The van der Waals surface area contributed by atoms with Crippen LogP contribution in [0.4, 0.5) is 8.78 Å². The molecule has 1 aliphatic rings. The standard InChI is InChI=1S/C23H17F2NO5/c1-30-18-9-8-13(11-17(18)25)21(27)19-20(15-6-2-3-7-16(15)24)26(23(29)22(19)28)12-14-5-4-10-31-14/h2-11,20,27H,12H2,1H3/b21-19-. The monoisotopic (exact) mass is 425 g/mol. The number of halogens is 2. The maximum absolute atomic E-state index is 14.7. The van der Waals surface area contributed by atoms with Crippen molar-refractivity contribution >= 4 is 17.4 Å². The van der Waals surface area contributed by atoms with Crippen molar-refractivity contribution in [1.82, 2.24) is 4.90 Å². The fraction of sp³-hybridized carbons (Fsp3) is 0.130.